The molecule has 1 saturated carbocycles. The van der Waals surface area contributed by atoms with Gasteiger partial charge in [-0.3, -0.25) is 9.78 Å². The van der Waals surface area contributed by atoms with Crippen LogP contribution in [0.5, 0.6) is 0 Å². The molecule has 146 valence electrons. The molecule has 0 spiro atoms. The first kappa shape index (κ1) is 18.1. The molecule has 0 saturated heterocycles. The van der Waals surface area contributed by atoms with E-state index in [1.165, 1.54) is 30.0 Å². The second kappa shape index (κ2) is 7.83. The van der Waals surface area contributed by atoms with Crippen LogP contribution in [0.1, 0.15) is 30.8 Å². The number of thiophene rings is 1. The highest BCUT2D eigenvalue weighted by Gasteiger charge is 2.26. The van der Waals surface area contributed by atoms with Crippen molar-refractivity contribution >= 4 is 21.6 Å². The van der Waals surface area contributed by atoms with Crippen LogP contribution in [-0.2, 0) is 12.8 Å². The average molecular weight is 404 g/mol. The lowest BCUT2D eigenvalue weighted by Crippen LogP contribution is -2.19. The molecule has 29 heavy (non-hydrogen) atoms. The van der Waals surface area contributed by atoms with Crippen molar-refractivity contribution in [2.24, 2.45) is 11.8 Å². The molecule has 0 aliphatic heterocycles. The molecule has 1 aliphatic carbocycles. The van der Waals surface area contributed by atoms with E-state index in [1.807, 2.05) is 18.3 Å². The van der Waals surface area contributed by atoms with Crippen LogP contribution in [0.4, 0.5) is 0 Å². The fraction of sp³-hybridized carbons (Fsp3) is 0.318. The van der Waals surface area contributed by atoms with E-state index in [2.05, 4.69) is 26.5 Å². The van der Waals surface area contributed by atoms with E-state index in [0.717, 1.165) is 34.6 Å². The minimum Gasteiger partial charge on any atom is -0.267 e. The van der Waals surface area contributed by atoms with Crippen molar-refractivity contribution < 1.29 is 0 Å². The third-order valence-electron chi connectivity index (χ3n) is 5.64. The monoisotopic (exact) mass is 403 g/mol. The number of fused-ring (bicyclic) bond motifs is 1. The van der Waals surface area contributed by atoms with Gasteiger partial charge in [-0.05, 0) is 67.2 Å². The van der Waals surface area contributed by atoms with E-state index in [1.54, 1.807) is 29.8 Å². The van der Waals surface area contributed by atoms with Gasteiger partial charge in [0.1, 0.15) is 5.82 Å². The Bertz CT molecular complexity index is 1180. The number of aromatic nitrogens is 5. The lowest BCUT2D eigenvalue weighted by Gasteiger charge is -2.11. The maximum atomic E-state index is 11.9. The van der Waals surface area contributed by atoms with Crippen molar-refractivity contribution in [2.75, 3.05) is 0 Å². The van der Waals surface area contributed by atoms with E-state index in [-0.39, 0.29) is 5.56 Å². The first-order chi connectivity index (χ1) is 14.2. The quantitative estimate of drug-likeness (QED) is 0.506. The average Bonchev–Trinajstić information content (AvgIpc) is 3.38. The largest absolute Gasteiger partial charge is 0.271 e. The van der Waals surface area contributed by atoms with Crippen molar-refractivity contribution in [1.29, 1.82) is 0 Å². The van der Waals surface area contributed by atoms with Crippen LogP contribution in [0, 0.1) is 11.8 Å². The number of hydrogen-bond donors (Lipinski definition) is 0. The molecule has 1 aliphatic rings. The number of pyridine rings is 1. The summed E-state index contributed by atoms with van der Waals surface area (Å²) in [4.78, 5) is 25.7. The lowest BCUT2D eigenvalue weighted by atomic mass is 9.97. The van der Waals surface area contributed by atoms with Crippen molar-refractivity contribution in [1.82, 2.24) is 24.7 Å². The Morgan fingerprint density at radius 1 is 1.03 bits per heavy atom. The van der Waals surface area contributed by atoms with Crippen LogP contribution in [0.15, 0.2) is 59.1 Å². The zero-order valence-corrected chi connectivity index (χ0v) is 16.8. The summed E-state index contributed by atoms with van der Waals surface area (Å²) < 4.78 is 2.52. The molecule has 0 aromatic carbocycles. The van der Waals surface area contributed by atoms with E-state index < -0.39 is 0 Å². The third kappa shape index (κ3) is 3.96. The summed E-state index contributed by atoms with van der Waals surface area (Å²) in [5.41, 5.74) is 2.68. The SMILES string of the molecule is O=c1cccnn1-c1ccc(C[C@H]2CC[C@H](Cc3ncc4sccc4n3)C2)nc1. The molecular formula is C22H21N5OS. The van der Waals surface area contributed by atoms with Crippen LogP contribution in [0.25, 0.3) is 15.9 Å². The molecule has 0 radical (unpaired) electrons. The highest BCUT2D eigenvalue weighted by Crippen LogP contribution is 2.34. The molecule has 5 rings (SSSR count). The van der Waals surface area contributed by atoms with Gasteiger partial charge in [0.15, 0.2) is 0 Å². The zero-order chi connectivity index (χ0) is 19.6. The zero-order valence-electron chi connectivity index (χ0n) is 15.9. The standard InChI is InChI=1S/C22H21N5OS/c28-22-2-1-8-25-27(22)18-6-5-17(23-13-18)11-15-3-4-16(10-15)12-21-24-14-20-19(26-21)7-9-29-20/h1-2,5-9,13-16H,3-4,10-12H2/t15-,16-/m0/s1. The van der Waals surface area contributed by atoms with E-state index in [9.17, 15) is 4.79 Å². The lowest BCUT2D eigenvalue weighted by molar-refractivity contribution is 0.477. The molecule has 4 aromatic heterocycles. The van der Waals surface area contributed by atoms with Gasteiger partial charge >= 0.3 is 0 Å². The summed E-state index contributed by atoms with van der Waals surface area (Å²) >= 11 is 1.69. The highest BCUT2D eigenvalue weighted by atomic mass is 32.1. The molecule has 0 N–H and O–H groups in total. The molecule has 7 heteroatoms. The van der Waals surface area contributed by atoms with Gasteiger partial charge in [-0.1, -0.05) is 0 Å². The summed E-state index contributed by atoms with van der Waals surface area (Å²) in [6.07, 6.45) is 10.8. The van der Waals surface area contributed by atoms with Crippen molar-refractivity contribution in [3.05, 3.63) is 76.2 Å². The molecule has 4 heterocycles. The molecule has 4 aromatic rings. The minimum absolute atomic E-state index is 0.149. The Labute approximate surface area is 172 Å². The first-order valence-corrected chi connectivity index (χ1v) is 10.8. The first-order valence-electron chi connectivity index (χ1n) is 9.93. The molecule has 0 unspecified atom stereocenters. The summed E-state index contributed by atoms with van der Waals surface area (Å²) in [6.45, 7) is 0. The van der Waals surface area contributed by atoms with Crippen molar-refractivity contribution in [3.8, 4) is 5.69 Å². The van der Waals surface area contributed by atoms with Gasteiger partial charge in [-0.25, -0.2) is 9.97 Å². The molecule has 1 fully saturated rings. The summed E-state index contributed by atoms with van der Waals surface area (Å²) in [6, 6.07) is 9.14. The fourth-order valence-corrected chi connectivity index (χ4v) is 4.91. The molecule has 0 amide bonds. The number of nitrogens with zero attached hydrogens (tertiary/aromatic N) is 5. The smallest absolute Gasteiger partial charge is 0.267 e. The van der Waals surface area contributed by atoms with Crippen molar-refractivity contribution in [3.63, 3.8) is 0 Å². The Hall–Kier alpha value is -2.93. The van der Waals surface area contributed by atoms with Crippen molar-refractivity contribution in [2.45, 2.75) is 32.1 Å². The predicted octanol–water partition coefficient (Wildman–Crippen LogP) is 3.83. The maximum absolute atomic E-state index is 11.9. The Morgan fingerprint density at radius 2 is 1.93 bits per heavy atom. The topological polar surface area (TPSA) is 73.6 Å². The van der Waals surface area contributed by atoms with Gasteiger partial charge < -0.3 is 0 Å². The van der Waals surface area contributed by atoms with Crippen LogP contribution >= 0.6 is 11.3 Å². The predicted molar refractivity (Wildman–Crippen MR) is 113 cm³/mol. The van der Waals surface area contributed by atoms with E-state index in [0.29, 0.717) is 17.5 Å². The Balaban J connectivity index is 1.20. The van der Waals surface area contributed by atoms with Gasteiger partial charge in [0, 0.05) is 30.6 Å². The summed E-state index contributed by atoms with van der Waals surface area (Å²) in [5, 5.41) is 6.17. The van der Waals surface area contributed by atoms with Gasteiger partial charge in [0.25, 0.3) is 5.56 Å². The Kier molecular flexibility index (Phi) is 4.89. The number of rotatable bonds is 5. The number of hydrogen-bond acceptors (Lipinski definition) is 6. The minimum atomic E-state index is -0.149. The molecule has 2 atom stereocenters. The van der Waals surface area contributed by atoms with Gasteiger partial charge in [-0.2, -0.15) is 9.78 Å². The van der Waals surface area contributed by atoms with E-state index in [4.69, 9.17) is 4.98 Å². The highest BCUT2D eigenvalue weighted by molar-refractivity contribution is 7.17. The molecule has 0 bridgehead atoms. The molecular weight excluding hydrogens is 382 g/mol. The third-order valence-corrected chi connectivity index (χ3v) is 6.48. The van der Waals surface area contributed by atoms with Gasteiger partial charge in [-0.15, -0.1) is 11.3 Å². The van der Waals surface area contributed by atoms with Crippen LogP contribution in [0.3, 0.4) is 0 Å². The Morgan fingerprint density at radius 3 is 2.76 bits per heavy atom. The van der Waals surface area contributed by atoms with Crippen LogP contribution in [-0.4, -0.2) is 24.7 Å². The second-order valence-electron chi connectivity index (χ2n) is 7.69. The molecule has 6 nitrogen and oxygen atoms in total. The summed E-state index contributed by atoms with van der Waals surface area (Å²) in [5.74, 6) is 2.24. The van der Waals surface area contributed by atoms with Crippen LogP contribution < -0.4 is 5.56 Å². The maximum Gasteiger partial charge on any atom is 0.271 e. The van der Waals surface area contributed by atoms with Gasteiger partial charge in [0.05, 0.1) is 22.1 Å². The van der Waals surface area contributed by atoms with E-state index >= 15 is 0 Å². The summed E-state index contributed by atoms with van der Waals surface area (Å²) in [7, 11) is 0. The van der Waals surface area contributed by atoms with Gasteiger partial charge in [0.2, 0.25) is 0 Å². The second-order valence-corrected chi connectivity index (χ2v) is 8.64. The van der Waals surface area contributed by atoms with Crippen LogP contribution in [0.2, 0.25) is 0 Å². The fourth-order valence-electron chi connectivity index (χ4n) is 4.22. The normalized spacial score (nSPS) is 19.0.